The normalized spacial score (nSPS) is 16.2. The number of fused-ring (bicyclic) bond motifs is 3. The van der Waals surface area contributed by atoms with Crippen LogP contribution in [0.1, 0.15) is 67.3 Å². The lowest BCUT2D eigenvalue weighted by atomic mass is 10.0. The van der Waals surface area contributed by atoms with Gasteiger partial charge in [-0.3, -0.25) is 0 Å². The van der Waals surface area contributed by atoms with Gasteiger partial charge in [0.2, 0.25) is 0 Å². The zero-order valence-electron chi connectivity index (χ0n) is 21.1. The summed E-state index contributed by atoms with van der Waals surface area (Å²) >= 11 is 0. The molecule has 6 nitrogen and oxygen atoms in total. The van der Waals surface area contributed by atoms with E-state index in [4.69, 9.17) is 10.7 Å². The summed E-state index contributed by atoms with van der Waals surface area (Å²) in [4.78, 5) is 16.5. The molecule has 1 aliphatic rings. The molecule has 0 radical (unpaired) electrons. The number of hydrogen-bond donors (Lipinski definition) is 4. The van der Waals surface area contributed by atoms with Gasteiger partial charge in [-0.05, 0) is 80.1 Å². The highest BCUT2D eigenvalue weighted by molar-refractivity contribution is 6.04. The minimum Gasteiger partial charge on any atom is -0.342 e. The van der Waals surface area contributed by atoms with Gasteiger partial charge < -0.3 is 21.0 Å². The Bertz CT molecular complexity index is 1590. The van der Waals surface area contributed by atoms with Crippen LogP contribution in [0.15, 0.2) is 60.8 Å². The summed E-state index contributed by atoms with van der Waals surface area (Å²) in [5, 5.41) is 5.78. The molecular formula is C31H32N6. The van der Waals surface area contributed by atoms with Crippen LogP contribution in [-0.4, -0.2) is 33.0 Å². The smallest absolute Gasteiger partial charge is 0.123 e. The highest BCUT2D eigenvalue weighted by Crippen LogP contribution is 2.28. The van der Waals surface area contributed by atoms with Crippen molar-refractivity contribution in [1.29, 1.82) is 0 Å². The van der Waals surface area contributed by atoms with Gasteiger partial charge in [0.25, 0.3) is 0 Å². The van der Waals surface area contributed by atoms with Crippen molar-refractivity contribution in [2.75, 3.05) is 13.1 Å². The van der Waals surface area contributed by atoms with Crippen molar-refractivity contribution >= 4 is 21.8 Å². The van der Waals surface area contributed by atoms with Gasteiger partial charge in [0.15, 0.2) is 0 Å². The van der Waals surface area contributed by atoms with Gasteiger partial charge in [-0.1, -0.05) is 43.0 Å². The van der Waals surface area contributed by atoms with E-state index in [9.17, 15) is 0 Å². The fourth-order valence-corrected chi connectivity index (χ4v) is 5.15. The molecular weight excluding hydrogens is 456 g/mol. The number of nitrogens with two attached hydrogens (primary N) is 1. The Morgan fingerprint density at radius 3 is 2.68 bits per heavy atom. The molecule has 1 fully saturated rings. The van der Waals surface area contributed by atoms with Crippen LogP contribution in [0.3, 0.4) is 0 Å². The molecule has 2 aromatic heterocycles. The number of imidazole rings is 2. The Hall–Kier alpha value is -3.92. The quantitative estimate of drug-likeness (QED) is 0.228. The molecule has 5 N–H and O–H groups in total. The minimum absolute atomic E-state index is 0.344. The van der Waals surface area contributed by atoms with Crippen molar-refractivity contribution in [3.63, 3.8) is 0 Å². The van der Waals surface area contributed by atoms with Gasteiger partial charge in [-0.15, -0.1) is 0 Å². The highest BCUT2D eigenvalue weighted by Gasteiger charge is 2.19. The SMILES string of the molecule is CC(CCCN)c1nc2c(ccc3cc(C#Cc4ccc(-c5cnc(C6CCCN6)[nH]5)cc4)ccc32)[nH]1. The van der Waals surface area contributed by atoms with Crippen LogP contribution in [0.2, 0.25) is 0 Å². The van der Waals surface area contributed by atoms with E-state index in [1.807, 2.05) is 6.20 Å². The molecule has 186 valence electrons. The average molecular weight is 489 g/mol. The third-order valence-electron chi connectivity index (χ3n) is 7.33. The summed E-state index contributed by atoms with van der Waals surface area (Å²) in [5.41, 5.74) is 11.9. The lowest BCUT2D eigenvalue weighted by molar-refractivity contribution is 0.613. The second kappa shape index (κ2) is 10.2. The summed E-state index contributed by atoms with van der Waals surface area (Å²) in [5.74, 6) is 9.06. The number of aromatic nitrogens is 4. The first-order chi connectivity index (χ1) is 18.2. The number of nitrogens with one attached hydrogen (secondary N) is 3. The van der Waals surface area contributed by atoms with Crippen LogP contribution < -0.4 is 11.1 Å². The maximum Gasteiger partial charge on any atom is 0.123 e. The van der Waals surface area contributed by atoms with E-state index in [1.54, 1.807) is 0 Å². The molecule has 2 atom stereocenters. The molecule has 0 spiro atoms. The van der Waals surface area contributed by atoms with Gasteiger partial charge in [0.1, 0.15) is 11.6 Å². The zero-order chi connectivity index (χ0) is 25.2. The first kappa shape index (κ1) is 23.5. The topological polar surface area (TPSA) is 95.4 Å². The Morgan fingerprint density at radius 1 is 1.03 bits per heavy atom. The van der Waals surface area contributed by atoms with Gasteiger partial charge in [0.05, 0.1) is 29.0 Å². The first-order valence-corrected chi connectivity index (χ1v) is 13.2. The van der Waals surface area contributed by atoms with Crippen LogP contribution in [0, 0.1) is 11.8 Å². The molecule has 37 heavy (non-hydrogen) atoms. The molecule has 3 heterocycles. The largest absolute Gasteiger partial charge is 0.342 e. The van der Waals surface area contributed by atoms with Crippen LogP contribution in [0.4, 0.5) is 0 Å². The van der Waals surface area contributed by atoms with E-state index in [2.05, 4.69) is 93.6 Å². The Balaban J connectivity index is 1.20. The minimum atomic E-state index is 0.344. The first-order valence-electron chi connectivity index (χ1n) is 13.2. The van der Waals surface area contributed by atoms with Crippen molar-refractivity contribution in [2.24, 2.45) is 5.73 Å². The fraction of sp³-hybridized carbons (Fsp3) is 0.290. The number of hydrogen-bond acceptors (Lipinski definition) is 4. The molecule has 0 amide bonds. The second-order valence-corrected chi connectivity index (χ2v) is 10.0. The standard InChI is InChI=1S/C31H32N6/c1-20(4-2-16-32)30-35-26-15-13-24-18-22(10-14-25(24)29(26)37-30)7-6-21-8-11-23(12-9-21)28-19-34-31(36-28)27-5-3-17-33-27/h8-15,18-20,27,33H,2-5,16-17,32H2,1H3,(H,34,36)(H,35,37). The lowest BCUT2D eigenvalue weighted by Crippen LogP contribution is -2.14. The van der Waals surface area contributed by atoms with Gasteiger partial charge in [0, 0.05) is 22.4 Å². The van der Waals surface area contributed by atoms with E-state index in [1.165, 1.54) is 6.42 Å². The molecule has 0 bridgehead atoms. The van der Waals surface area contributed by atoms with E-state index < -0.39 is 0 Å². The van der Waals surface area contributed by atoms with Gasteiger partial charge in [-0.25, -0.2) is 9.97 Å². The van der Waals surface area contributed by atoms with Crippen LogP contribution in [0.25, 0.3) is 33.1 Å². The van der Waals surface area contributed by atoms with Crippen molar-refractivity contribution in [2.45, 2.75) is 44.6 Å². The second-order valence-electron chi connectivity index (χ2n) is 10.0. The van der Waals surface area contributed by atoms with Crippen molar-refractivity contribution in [3.8, 4) is 23.1 Å². The van der Waals surface area contributed by atoms with Gasteiger partial charge in [-0.2, -0.15) is 0 Å². The van der Waals surface area contributed by atoms with Crippen LogP contribution in [0.5, 0.6) is 0 Å². The van der Waals surface area contributed by atoms with Crippen molar-refractivity contribution in [3.05, 3.63) is 83.6 Å². The van der Waals surface area contributed by atoms with E-state index in [0.717, 1.165) is 81.6 Å². The molecule has 3 aromatic carbocycles. The van der Waals surface area contributed by atoms with Crippen molar-refractivity contribution < 1.29 is 0 Å². The number of nitrogens with zero attached hydrogens (tertiary/aromatic N) is 2. The third-order valence-corrected chi connectivity index (χ3v) is 7.33. The molecule has 5 aromatic rings. The summed E-state index contributed by atoms with van der Waals surface area (Å²) in [7, 11) is 0. The lowest BCUT2D eigenvalue weighted by Gasteiger charge is -2.06. The predicted octanol–water partition coefficient (Wildman–Crippen LogP) is 5.77. The van der Waals surface area contributed by atoms with Crippen LogP contribution >= 0.6 is 0 Å². The fourth-order valence-electron chi connectivity index (χ4n) is 5.15. The van der Waals surface area contributed by atoms with Crippen molar-refractivity contribution in [1.82, 2.24) is 25.3 Å². The highest BCUT2D eigenvalue weighted by atomic mass is 15.0. The number of H-pyrrole nitrogens is 2. The number of benzene rings is 3. The maximum atomic E-state index is 5.68. The summed E-state index contributed by atoms with van der Waals surface area (Å²) in [6.07, 6.45) is 6.31. The Morgan fingerprint density at radius 2 is 1.86 bits per heavy atom. The molecule has 0 aliphatic carbocycles. The Kier molecular flexibility index (Phi) is 6.48. The molecule has 0 saturated carbocycles. The number of aromatic amines is 2. The van der Waals surface area contributed by atoms with E-state index >= 15 is 0 Å². The maximum absolute atomic E-state index is 5.68. The monoisotopic (exact) mass is 488 g/mol. The average Bonchev–Trinajstić information content (AvgIpc) is 3.71. The Labute approximate surface area is 217 Å². The third kappa shape index (κ3) is 4.89. The summed E-state index contributed by atoms with van der Waals surface area (Å²) < 4.78 is 0. The predicted molar refractivity (Wildman–Crippen MR) is 150 cm³/mol. The molecule has 6 rings (SSSR count). The molecule has 6 heteroatoms. The summed E-state index contributed by atoms with van der Waals surface area (Å²) in [6.45, 7) is 3.98. The molecule has 1 saturated heterocycles. The van der Waals surface area contributed by atoms with Crippen LogP contribution in [-0.2, 0) is 0 Å². The van der Waals surface area contributed by atoms with E-state index in [-0.39, 0.29) is 0 Å². The molecule has 2 unspecified atom stereocenters. The molecule has 1 aliphatic heterocycles. The zero-order valence-corrected chi connectivity index (χ0v) is 21.1. The summed E-state index contributed by atoms with van der Waals surface area (Å²) in [6, 6.07) is 19.3. The number of rotatable bonds is 6. The van der Waals surface area contributed by atoms with Gasteiger partial charge >= 0.3 is 0 Å². The van der Waals surface area contributed by atoms with E-state index in [0.29, 0.717) is 18.5 Å².